The molecule has 2 saturated heterocycles. The third-order valence-corrected chi connectivity index (χ3v) is 10.9. The van der Waals surface area contributed by atoms with Crippen molar-refractivity contribution in [2.45, 2.75) is 108 Å². The summed E-state index contributed by atoms with van der Waals surface area (Å²) in [5.74, 6) is -1.71. The number of rotatable bonds is 10. The molecular formula is C37H51ClN6O10. The fourth-order valence-electron chi connectivity index (χ4n) is 6.90. The molecule has 0 saturated carbocycles. The molecule has 4 rings (SSSR count). The van der Waals surface area contributed by atoms with Crippen LogP contribution in [0, 0.1) is 5.92 Å². The van der Waals surface area contributed by atoms with Gasteiger partial charge in [0.15, 0.2) is 5.72 Å². The Kier molecular flexibility index (Phi) is 14.0. The van der Waals surface area contributed by atoms with Crippen molar-refractivity contribution in [2.24, 2.45) is 11.0 Å². The van der Waals surface area contributed by atoms with E-state index in [0.717, 1.165) is 11.1 Å². The molecule has 0 spiro atoms. The van der Waals surface area contributed by atoms with E-state index < -0.39 is 65.7 Å². The predicted octanol–water partition coefficient (Wildman–Crippen LogP) is 5.00. The zero-order valence-electron chi connectivity index (χ0n) is 32.0. The van der Waals surface area contributed by atoms with Gasteiger partial charge in [0, 0.05) is 51.4 Å². The smallest absolute Gasteiger partial charge is 0.409 e. The van der Waals surface area contributed by atoms with E-state index in [1.807, 2.05) is 13.0 Å². The van der Waals surface area contributed by atoms with Crippen LogP contribution in [0.1, 0.15) is 65.4 Å². The molecule has 16 nitrogen and oxygen atoms in total. The topological polar surface area (TPSA) is 205 Å². The first-order valence-electron chi connectivity index (χ1n) is 17.8. The van der Waals surface area contributed by atoms with Crippen molar-refractivity contribution >= 4 is 41.2 Å². The summed E-state index contributed by atoms with van der Waals surface area (Å²) in [6.07, 6.45) is 1.87. The van der Waals surface area contributed by atoms with Crippen LogP contribution in [0.3, 0.4) is 0 Å². The van der Waals surface area contributed by atoms with Crippen LogP contribution in [-0.4, -0.2) is 111 Å². The second kappa shape index (κ2) is 17.9. The van der Waals surface area contributed by atoms with E-state index >= 15 is 0 Å². The van der Waals surface area contributed by atoms with Crippen molar-refractivity contribution in [1.29, 1.82) is 0 Å². The number of carbonyl (C=O) groups is 4. The molecule has 54 heavy (non-hydrogen) atoms. The summed E-state index contributed by atoms with van der Waals surface area (Å²) >= 11 is 6.75. The summed E-state index contributed by atoms with van der Waals surface area (Å²) in [6.45, 7) is 7.18. The molecule has 1 aromatic rings. The molecule has 8 atom stereocenters. The van der Waals surface area contributed by atoms with Gasteiger partial charge in [-0.2, -0.15) is 0 Å². The molecule has 17 heteroatoms. The van der Waals surface area contributed by atoms with E-state index in [2.05, 4.69) is 15.3 Å². The second-order valence-electron chi connectivity index (χ2n) is 14.3. The van der Waals surface area contributed by atoms with Gasteiger partial charge in [-0.05, 0) is 63.3 Å². The largest absolute Gasteiger partial charge is 0.495 e. The Bertz CT molecular complexity index is 1700. The number of nitrogens with one attached hydrogen (secondary N) is 1. The number of nitrogens with zero attached hydrogens (tertiary/aromatic N) is 5. The van der Waals surface area contributed by atoms with Gasteiger partial charge in [0.1, 0.15) is 40.7 Å². The number of aliphatic hydroxyl groups is 1. The van der Waals surface area contributed by atoms with Crippen molar-refractivity contribution in [3.63, 3.8) is 0 Å². The van der Waals surface area contributed by atoms with E-state index in [1.165, 1.54) is 38.0 Å². The van der Waals surface area contributed by atoms with Crippen LogP contribution in [0.25, 0.3) is 10.4 Å². The minimum absolute atomic E-state index is 0.0650. The van der Waals surface area contributed by atoms with Crippen LogP contribution in [0.4, 0.5) is 10.5 Å². The Morgan fingerprint density at radius 2 is 2.00 bits per heavy atom. The predicted molar refractivity (Wildman–Crippen MR) is 199 cm³/mol. The Hall–Kier alpha value is -4.34. The van der Waals surface area contributed by atoms with Crippen LogP contribution in [-0.2, 0) is 39.8 Å². The summed E-state index contributed by atoms with van der Waals surface area (Å²) in [5, 5.41) is 17.9. The van der Waals surface area contributed by atoms with Crippen LogP contribution in [0.15, 0.2) is 41.0 Å². The average molecular weight is 775 g/mol. The fraction of sp³-hybridized carbons (Fsp3) is 0.622. The summed E-state index contributed by atoms with van der Waals surface area (Å²) in [4.78, 5) is 59.0. The number of allylic oxidation sites excluding steroid dienone is 3. The van der Waals surface area contributed by atoms with Gasteiger partial charge in [-0.25, -0.2) is 9.59 Å². The normalized spacial score (nSPS) is 30.6. The second-order valence-corrected chi connectivity index (χ2v) is 14.7. The molecule has 0 aromatic heterocycles. The quantitative estimate of drug-likeness (QED) is 0.0813. The van der Waals surface area contributed by atoms with E-state index in [1.54, 1.807) is 45.2 Å². The first-order valence-corrected chi connectivity index (χ1v) is 18.2. The minimum atomic E-state index is -1.84. The Balaban J connectivity index is 1.71. The molecule has 4 bridgehead atoms. The molecule has 0 radical (unpaired) electrons. The third-order valence-electron chi connectivity index (χ3n) is 10.5. The highest BCUT2D eigenvalue weighted by atomic mass is 35.5. The number of epoxide rings is 1. The number of hydrogen-bond donors (Lipinski definition) is 2. The number of fused-ring (bicyclic) bond motifs is 5. The molecule has 1 unspecified atom stereocenters. The van der Waals surface area contributed by atoms with E-state index in [4.69, 9.17) is 40.8 Å². The lowest BCUT2D eigenvalue weighted by Gasteiger charge is -2.42. The number of esters is 1. The number of likely N-dealkylation sites (N-methyl/N-ethyl adjacent to an activating group) is 1. The Morgan fingerprint density at radius 1 is 1.28 bits per heavy atom. The molecule has 0 aliphatic carbocycles. The lowest BCUT2D eigenvalue weighted by molar-refractivity contribution is -0.162. The van der Waals surface area contributed by atoms with Gasteiger partial charge in [-0.1, -0.05) is 47.4 Å². The zero-order valence-corrected chi connectivity index (χ0v) is 32.8. The number of halogens is 1. The van der Waals surface area contributed by atoms with Crippen LogP contribution in [0.5, 0.6) is 5.75 Å². The Labute approximate surface area is 320 Å². The molecule has 3 heterocycles. The third kappa shape index (κ3) is 9.66. The molecule has 2 N–H and O–H groups in total. The van der Waals surface area contributed by atoms with Gasteiger partial charge in [0.25, 0.3) is 0 Å². The first-order chi connectivity index (χ1) is 25.5. The van der Waals surface area contributed by atoms with Crippen molar-refractivity contribution in [3.8, 4) is 5.75 Å². The summed E-state index contributed by atoms with van der Waals surface area (Å²) < 4.78 is 29.1. The molecule has 3 aliphatic rings. The van der Waals surface area contributed by atoms with Crippen LogP contribution in [0.2, 0.25) is 5.02 Å². The highest BCUT2D eigenvalue weighted by Gasteiger charge is 2.64. The molecular weight excluding hydrogens is 724 g/mol. The Morgan fingerprint density at radius 3 is 2.67 bits per heavy atom. The molecule has 1 aromatic carbocycles. The number of azide groups is 1. The number of amides is 3. The maximum Gasteiger partial charge on any atom is 0.409 e. The van der Waals surface area contributed by atoms with E-state index in [0.29, 0.717) is 30.7 Å². The monoisotopic (exact) mass is 774 g/mol. The van der Waals surface area contributed by atoms with Gasteiger partial charge < -0.3 is 38.6 Å². The fourth-order valence-corrected chi connectivity index (χ4v) is 7.21. The van der Waals surface area contributed by atoms with Crippen molar-refractivity contribution in [2.75, 3.05) is 39.8 Å². The highest BCUT2D eigenvalue weighted by Crippen LogP contribution is 2.49. The van der Waals surface area contributed by atoms with Gasteiger partial charge >= 0.3 is 12.1 Å². The SMILES string of the molecule is COc1cc2cc(c1Cl)N(C)C(=O)C[C@H](OC(=O)[C@H](C)N(C)C(=O)CCCCN=[N+]=[N-])[C@@]1(C)O[C@H]1[C@H](C)[C@@H]1C[C@@](O)(NC(=O)O1)C(OC)/C=C/C=C(\C)C2. The number of carbonyl (C=O) groups excluding carboxylic acids is 4. The summed E-state index contributed by atoms with van der Waals surface area (Å²) in [7, 11) is 5.95. The van der Waals surface area contributed by atoms with Crippen molar-refractivity contribution in [1.82, 2.24) is 10.2 Å². The van der Waals surface area contributed by atoms with Crippen LogP contribution < -0.4 is 15.0 Å². The number of alkyl carbamates (subject to hydrolysis) is 1. The van der Waals surface area contributed by atoms with Gasteiger partial charge in [0.05, 0.1) is 25.3 Å². The molecule has 3 amide bonds. The van der Waals surface area contributed by atoms with Crippen LogP contribution >= 0.6 is 11.6 Å². The van der Waals surface area contributed by atoms with Crippen molar-refractivity contribution in [3.05, 3.63) is 57.0 Å². The van der Waals surface area contributed by atoms with E-state index in [9.17, 15) is 24.3 Å². The highest BCUT2D eigenvalue weighted by molar-refractivity contribution is 6.35. The molecule has 3 aliphatic heterocycles. The average Bonchev–Trinajstić information content (AvgIpc) is 3.83. The molecule has 2 fully saturated rings. The number of hydrogen-bond acceptors (Lipinski definition) is 11. The summed E-state index contributed by atoms with van der Waals surface area (Å²) in [5.41, 5.74) is 7.49. The standard InChI is InChI=1S/C37H51ClN6O10/c1-21-12-11-13-28(51-8)37(49)20-27(52-35(48)41-37)22(2)33-36(4,54-33)29(53-34(47)23(3)43(5)30(45)14-9-10-15-40-42-39)19-31(46)44(6)25-17-24(16-21)18-26(50-7)32(25)38/h11-13,17-18,22-23,27-29,33,49H,9-10,14-16,19-20H2,1-8H3,(H,41,48)/b13-11+,21-12+/t22-,23+,27+,28?,29+,33+,36-,37+/m1/s1. The minimum Gasteiger partial charge on any atom is -0.495 e. The lowest BCUT2D eigenvalue weighted by atomic mass is 9.83. The van der Waals surface area contributed by atoms with Gasteiger partial charge in [-0.3, -0.25) is 14.9 Å². The van der Waals surface area contributed by atoms with Gasteiger partial charge in [0.2, 0.25) is 11.8 Å². The number of anilines is 1. The first kappa shape index (κ1) is 42.4. The summed E-state index contributed by atoms with van der Waals surface area (Å²) in [6, 6.07) is 2.54. The maximum atomic E-state index is 14.1. The number of ether oxygens (including phenoxy) is 5. The van der Waals surface area contributed by atoms with Gasteiger partial charge in [-0.15, -0.1) is 0 Å². The number of methoxy groups -OCH3 is 2. The molecule has 296 valence electrons. The number of unbranched alkanes of at least 4 members (excludes halogenated alkanes) is 1. The maximum absolute atomic E-state index is 14.1. The zero-order chi connectivity index (χ0) is 40.0. The van der Waals surface area contributed by atoms with Crippen molar-refractivity contribution < 1.29 is 48.0 Å². The van der Waals surface area contributed by atoms with E-state index in [-0.39, 0.29) is 36.7 Å². The lowest BCUT2D eigenvalue weighted by Crippen LogP contribution is -2.63. The number of benzene rings is 1.